The molecule has 6 heteroatoms. The first-order valence-corrected chi connectivity index (χ1v) is 8.95. The Bertz CT molecular complexity index is 704. The summed E-state index contributed by atoms with van der Waals surface area (Å²) >= 11 is 1.37. The molecule has 24 heavy (non-hydrogen) atoms. The molecule has 0 amide bonds. The van der Waals surface area contributed by atoms with E-state index >= 15 is 0 Å². The second-order valence-corrected chi connectivity index (χ2v) is 7.71. The monoisotopic (exact) mass is 411 g/mol. The summed E-state index contributed by atoms with van der Waals surface area (Å²) < 4.78 is 14.3. The van der Waals surface area contributed by atoms with Gasteiger partial charge in [0.1, 0.15) is 5.82 Å². The molecule has 1 aromatic rings. The van der Waals surface area contributed by atoms with Crippen molar-refractivity contribution in [1.29, 1.82) is 0 Å². The van der Waals surface area contributed by atoms with Crippen molar-refractivity contribution in [1.82, 2.24) is 4.90 Å². The number of fused-ring (bicyclic) bond motifs is 1. The van der Waals surface area contributed by atoms with Crippen molar-refractivity contribution in [2.45, 2.75) is 30.6 Å². The van der Waals surface area contributed by atoms with Gasteiger partial charge in [0.2, 0.25) is 5.12 Å². The molecule has 1 saturated heterocycles. The Balaban J connectivity index is 0.00000169. The van der Waals surface area contributed by atoms with Gasteiger partial charge in [-0.2, -0.15) is 0 Å². The number of piperidine rings is 1. The van der Waals surface area contributed by atoms with Crippen LogP contribution in [0.25, 0.3) is 0 Å². The maximum atomic E-state index is 14.3. The number of rotatable bonds is 4. The summed E-state index contributed by atoms with van der Waals surface area (Å²) in [4.78, 5) is 26.5. The van der Waals surface area contributed by atoms with Crippen LogP contribution < -0.4 is 0 Å². The Morgan fingerprint density at radius 2 is 2.00 bits per heavy atom. The number of carbonyl (C=O) groups is 2. The zero-order chi connectivity index (χ0) is 16.0. The van der Waals surface area contributed by atoms with Crippen molar-refractivity contribution in [2.75, 3.05) is 13.1 Å². The standard InChI is InChI=1S/C18H18FNO2S.BrH/c19-14-4-2-1-3-13(14)17(18(22)11-5-6-11)20-8-7-15-12(10-20)9-16(21)23-15;/h1-4,9,11,15,17H,5-8,10H2;1H. The molecule has 3 nitrogen and oxygen atoms in total. The first kappa shape index (κ1) is 17.8. The van der Waals surface area contributed by atoms with Crippen molar-refractivity contribution < 1.29 is 14.0 Å². The third kappa shape index (κ3) is 3.37. The van der Waals surface area contributed by atoms with Crippen molar-refractivity contribution in [3.63, 3.8) is 0 Å². The van der Waals surface area contributed by atoms with Gasteiger partial charge in [0, 0.05) is 29.8 Å². The fraction of sp³-hybridized carbons (Fsp3) is 0.444. The maximum Gasteiger partial charge on any atom is 0.212 e. The van der Waals surface area contributed by atoms with E-state index in [2.05, 4.69) is 4.90 Å². The molecule has 0 N–H and O–H groups in total. The van der Waals surface area contributed by atoms with E-state index in [0.717, 1.165) is 31.4 Å². The summed E-state index contributed by atoms with van der Waals surface area (Å²) in [5.41, 5.74) is 1.55. The molecule has 0 spiro atoms. The Morgan fingerprint density at radius 3 is 2.71 bits per heavy atom. The topological polar surface area (TPSA) is 37.4 Å². The molecule has 1 aliphatic carbocycles. The Labute approximate surface area is 155 Å². The number of thioether (sulfide) groups is 1. The molecule has 2 atom stereocenters. The van der Waals surface area contributed by atoms with Crippen LogP contribution in [0.15, 0.2) is 35.9 Å². The lowest BCUT2D eigenvalue weighted by Crippen LogP contribution is -2.42. The molecule has 128 valence electrons. The molecule has 0 bridgehead atoms. The first-order valence-electron chi connectivity index (χ1n) is 8.07. The minimum atomic E-state index is -0.522. The molecule has 2 heterocycles. The third-order valence-electron chi connectivity index (χ3n) is 4.85. The lowest BCUT2D eigenvalue weighted by Gasteiger charge is -2.37. The van der Waals surface area contributed by atoms with Gasteiger partial charge in [-0.25, -0.2) is 4.39 Å². The number of hydrogen-bond acceptors (Lipinski definition) is 4. The highest BCUT2D eigenvalue weighted by molar-refractivity contribution is 8.93. The molecule has 2 fully saturated rings. The molecule has 4 rings (SSSR count). The molecule has 2 aliphatic heterocycles. The van der Waals surface area contributed by atoms with Crippen LogP contribution in [0.4, 0.5) is 4.39 Å². The van der Waals surface area contributed by atoms with Crippen LogP contribution in [0.2, 0.25) is 0 Å². The highest BCUT2D eigenvalue weighted by Crippen LogP contribution is 2.41. The van der Waals surface area contributed by atoms with Crippen LogP contribution in [0, 0.1) is 11.7 Å². The molecule has 1 saturated carbocycles. The summed E-state index contributed by atoms with van der Waals surface area (Å²) in [6.07, 6.45) is 4.36. The number of nitrogens with zero attached hydrogens (tertiary/aromatic N) is 1. The number of ketones is 1. The van der Waals surface area contributed by atoms with E-state index in [9.17, 15) is 14.0 Å². The van der Waals surface area contributed by atoms with Gasteiger partial charge in [0.25, 0.3) is 0 Å². The number of Topliss-reactive ketones (excluding diaryl/α,β-unsaturated/α-hetero) is 1. The summed E-state index contributed by atoms with van der Waals surface area (Å²) in [5, 5.41) is 0.346. The van der Waals surface area contributed by atoms with Crippen LogP contribution in [0.3, 0.4) is 0 Å². The van der Waals surface area contributed by atoms with E-state index < -0.39 is 6.04 Å². The van der Waals surface area contributed by atoms with Crippen molar-refractivity contribution >= 4 is 39.6 Å². The van der Waals surface area contributed by atoms with E-state index in [0.29, 0.717) is 12.1 Å². The largest absolute Gasteiger partial charge is 0.297 e. The normalized spacial score (nSPS) is 24.8. The van der Waals surface area contributed by atoms with Crippen molar-refractivity contribution in [3.8, 4) is 0 Å². The van der Waals surface area contributed by atoms with Crippen LogP contribution in [-0.2, 0) is 9.59 Å². The number of hydrogen-bond donors (Lipinski definition) is 0. The number of halogens is 2. The lowest BCUT2D eigenvalue weighted by atomic mass is 9.94. The minimum absolute atomic E-state index is 0. The molecule has 0 aromatic heterocycles. The predicted octanol–water partition coefficient (Wildman–Crippen LogP) is 3.70. The zero-order valence-electron chi connectivity index (χ0n) is 13.1. The highest BCUT2D eigenvalue weighted by atomic mass is 79.9. The van der Waals surface area contributed by atoms with Gasteiger partial charge >= 0.3 is 0 Å². The van der Waals surface area contributed by atoms with Gasteiger partial charge in [-0.05, 0) is 37.0 Å². The molecular weight excluding hydrogens is 393 g/mol. The summed E-state index contributed by atoms with van der Waals surface area (Å²) in [6, 6.07) is 6.05. The average molecular weight is 412 g/mol. The Hall–Kier alpha value is -0.980. The zero-order valence-corrected chi connectivity index (χ0v) is 15.6. The summed E-state index contributed by atoms with van der Waals surface area (Å²) in [7, 11) is 0. The molecule has 0 radical (unpaired) electrons. The second kappa shape index (κ2) is 7.10. The van der Waals surface area contributed by atoms with E-state index in [1.165, 1.54) is 17.8 Å². The SMILES string of the molecule is Br.O=C1C=C2CN(C(C(=O)C3CC3)c3ccccc3F)CCC2S1. The van der Waals surface area contributed by atoms with Gasteiger partial charge in [0.15, 0.2) is 5.78 Å². The van der Waals surface area contributed by atoms with E-state index in [-0.39, 0.29) is 44.9 Å². The van der Waals surface area contributed by atoms with Crippen LogP contribution in [0.5, 0.6) is 0 Å². The quantitative estimate of drug-likeness (QED) is 0.756. The predicted molar refractivity (Wildman–Crippen MR) is 97.9 cm³/mol. The van der Waals surface area contributed by atoms with E-state index in [1.807, 2.05) is 0 Å². The van der Waals surface area contributed by atoms with E-state index in [1.54, 1.807) is 24.3 Å². The highest BCUT2D eigenvalue weighted by Gasteiger charge is 2.42. The Kier molecular flexibility index (Phi) is 5.27. The Morgan fingerprint density at radius 1 is 1.25 bits per heavy atom. The average Bonchev–Trinajstić information content (AvgIpc) is 3.31. The van der Waals surface area contributed by atoms with Gasteiger partial charge in [-0.1, -0.05) is 30.0 Å². The van der Waals surface area contributed by atoms with Gasteiger partial charge in [-0.3, -0.25) is 14.5 Å². The fourth-order valence-electron chi connectivity index (χ4n) is 3.52. The number of benzene rings is 1. The third-order valence-corrected chi connectivity index (χ3v) is 6.03. The minimum Gasteiger partial charge on any atom is -0.297 e. The van der Waals surface area contributed by atoms with Crippen molar-refractivity contribution in [2.24, 2.45) is 5.92 Å². The van der Waals surface area contributed by atoms with Gasteiger partial charge in [0.05, 0.1) is 6.04 Å². The maximum absolute atomic E-state index is 14.3. The lowest BCUT2D eigenvalue weighted by molar-refractivity contribution is -0.126. The smallest absolute Gasteiger partial charge is 0.212 e. The molecule has 2 unspecified atom stereocenters. The van der Waals surface area contributed by atoms with Crippen LogP contribution in [-0.4, -0.2) is 34.1 Å². The molecular formula is C18H19BrFNO2S. The van der Waals surface area contributed by atoms with Crippen LogP contribution >= 0.6 is 28.7 Å². The molecule has 1 aromatic carbocycles. The number of carbonyl (C=O) groups excluding carboxylic acids is 2. The second-order valence-electron chi connectivity index (χ2n) is 6.50. The number of likely N-dealkylation sites (tertiary alicyclic amines) is 1. The van der Waals surface area contributed by atoms with Gasteiger partial charge < -0.3 is 0 Å². The summed E-state index contributed by atoms with van der Waals surface area (Å²) in [5.74, 6) is -0.114. The summed E-state index contributed by atoms with van der Waals surface area (Å²) in [6.45, 7) is 1.31. The van der Waals surface area contributed by atoms with Crippen molar-refractivity contribution in [3.05, 3.63) is 47.3 Å². The van der Waals surface area contributed by atoms with E-state index in [4.69, 9.17) is 0 Å². The van der Waals surface area contributed by atoms with Crippen LogP contribution in [0.1, 0.15) is 30.9 Å². The van der Waals surface area contributed by atoms with Gasteiger partial charge in [-0.15, -0.1) is 17.0 Å². The first-order chi connectivity index (χ1) is 11.1. The molecule has 3 aliphatic rings. The fourth-order valence-corrected chi connectivity index (χ4v) is 4.54.